The molecule has 0 radical (unpaired) electrons. The average Bonchev–Trinajstić information content (AvgIpc) is 3.39. The molecule has 2 aromatic rings. The third-order valence-electron chi connectivity index (χ3n) is 6.45. The molecule has 3 atom stereocenters. The fourth-order valence-electron chi connectivity index (χ4n) is 4.68. The van der Waals surface area contributed by atoms with Gasteiger partial charge in [0, 0.05) is 53.0 Å². The zero-order chi connectivity index (χ0) is 24.0. The Morgan fingerprint density at radius 1 is 1.27 bits per heavy atom. The number of thiazole rings is 1. The lowest BCUT2D eigenvalue weighted by Crippen LogP contribution is -2.53. The average molecular weight is 487 g/mol. The fraction of sp³-hybridized carbons (Fsp3) is 0.375. The van der Waals surface area contributed by atoms with Crippen molar-refractivity contribution in [2.45, 2.75) is 50.6 Å². The van der Waals surface area contributed by atoms with Crippen LogP contribution in [-0.4, -0.2) is 49.9 Å². The molecule has 3 heterocycles. The molecular weight excluding hydrogens is 460 g/mol. The van der Waals surface area contributed by atoms with Gasteiger partial charge in [-0.1, -0.05) is 38.4 Å². The van der Waals surface area contributed by atoms with E-state index < -0.39 is 17.4 Å². The molecule has 0 bridgehead atoms. The van der Waals surface area contributed by atoms with Crippen molar-refractivity contribution in [3.63, 3.8) is 0 Å². The first-order valence-electron chi connectivity index (χ1n) is 10.7. The summed E-state index contributed by atoms with van der Waals surface area (Å²) < 4.78 is 0. The SMILES string of the molecule is CC(C)(C)c1ccc(C(=O)N2C[C@@H](N3C=CNC=C3)C(c3cncs3)[C@@]2(C)C(=O)O)cc1Cl. The number of carboxylic acid groups (broad SMARTS) is 1. The van der Waals surface area contributed by atoms with Crippen LogP contribution < -0.4 is 5.32 Å². The van der Waals surface area contributed by atoms with E-state index in [2.05, 4.69) is 31.1 Å². The lowest BCUT2D eigenvalue weighted by molar-refractivity contribution is -0.148. The van der Waals surface area contributed by atoms with Crippen molar-refractivity contribution >= 4 is 34.8 Å². The molecule has 7 nitrogen and oxygen atoms in total. The summed E-state index contributed by atoms with van der Waals surface area (Å²) in [4.78, 5) is 34.9. The summed E-state index contributed by atoms with van der Waals surface area (Å²) in [5, 5.41) is 13.9. The number of hydrogen-bond donors (Lipinski definition) is 2. The first kappa shape index (κ1) is 23.3. The van der Waals surface area contributed by atoms with E-state index in [-0.39, 0.29) is 23.9 Å². The zero-order valence-electron chi connectivity index (χ0n) is 18.9. The number of benzene rings is 1. The lowest BCUT2D eigenvalue weighted by Gasteiger charge is -2.36. The van der Waals surface area contributed by atoms with Crippen LogP contribution >= 0.6 is 22.9 Å². The highest BCUT2D eigenvalue weighted by Gasteiger charge is 2.59. The normalized spacial score (nSPS) is 24.8. The number of carbonyl (C=O) groups is 2. The highest BCUT2D eigenvalue weighted by Crippen LogP contribution is 2.47. The van der Waals surface area contributed by atoms with Gasteiger partial charge in [-0.3, -0.25) is 9.78 Å². The number of aromatic nitrogens is 1. The maximum atomic E-state index is 13.7. The van der Waals surface area contributed by atoms with Crippen molar-refractivity contribution in [3.8, 4) is 0 Å². The number of amides is 1. The number of halogens is 1. The maximum absolute atomic E-state index is 13.7. The molecule has 2 aliphatic rings. The molecule has 1 aromatic carbocycles. The second kappa shape index (κ2) is 8.50. The predicted molar refractivity (Wildman–Crippen MR) is 129 cm³/mol. The van der Waals surface area contributed by atoms with Crippen LogP contribution in [0, 0.1) is 0 Å². The van der Waals surface area contributed by atoms with E-state index in [1.165, 1.54) is 16.2 Å². The number of rotatable bonds is 4. The summed E-state index contributed by atoms with van der Waals surface area (Å²) in [6, 6.07) is 4.95. The predicted octanol–water partition coefficient (Wildman–Crippen LogP) is 4.39. The molecule has 1 amide bonds. The van der Waals surface area contributed by atoms with Gasteiger partial charge >= 0.3 is 5.97 Å². The molecule has 1 aromatic heterocycles. The zero-order valence-corrected chi connectivity index (χ0v) is 20.5. The summed E-state index contributed by atoms with van der Waals surface area (Å²) in [5.41, 5.74) is 1.34. The van der Waals surface area contributed by atoms with Crippen LogP contribution in [0.5, 0.6) is 0 Å². The van der Waals surface area contributed by atoms with E-state index in [1.807, 2.05) is 23.4 Å². The Kier molecular flexibility index (Phi) is 6.01. The van der Waals surface area contributed by atoms with E-state index >= 15 is 0 Å². The monoisotopic (exact) mass is 486 g/mol. The summed E-state index contributed by atoms with van der Waals surface area (Å²) in [7, 11) is 0. The highest BCUT2D eigenvalue weighted by molar-refractivity contribution is 7.09. The summed E-state index contributed by atoms with van der Waals surface area (Å²) in [6.45, 7) is 8.01. The molecule has 174 valence electrons. The van der Waals surface area contributed by atoms with Gasteiger partial charge in [-0.15, -0.1) is 11.3 Å². The van der Waals surface area contributed by atoms with Gasteiger partial charge in [-0.2, -0.15) is 0 Å². The van der Waals surface area contributed by atoms with Crippen molar-refractivity contribution in [3.05, 3.63) is 75.7 Å². The minimum Gasteiger partial charge on any atom is -0.479 e. The molecule has 9 heteroatoms. The molecular formula is C24H27ClN4O3S. The molecule has 0 aliphatic carbocycles. The third-order valence-corrected chi connectivity index (χ3v) is 7.62. The van der Waals surface area contributed by atoms with E-state index in [0.29, 0.717) is 10.6 Å². The lowest BCUT2D eigenvalue weighted by atomic mass is 9.82. The van der Waals surface area contributed by atoms with Gasteiger partial charge in [-0.05, 0) is 30.0 Å². The molecule has 0 spiro atoms. The van der Waals surface area contributed by atoms with Gasteiger partial charge in [0.1, 0.15) is 5.54 Å². The molecule has 2 aliphatic heterocycles. The molecule has 33 heavy (non-hydrogen) atoms. The quantitative estimate of drug-likeness (QED) is 0.666. The number of carboxylic acids is 1. The van der Waals surface area contributed by atoms with E-state index in [9.17, 15) is 14.7 Å². The third kappa shape index (κ3) is 4.02. The number of hydrogen-bond acceptors (Lipinski definition) is 6. The Balaban J connectivity index is 1.78. The minimum atomic E-state index is -1.48. The van der Waals surface area contributed by atoms with Crippen LogP contribution in [0.25, 0.3) is 0 Å². The Bertz CT molecular complexity index is 1110. The van der Waals surface area contributed by atoms with Crippen molar-refractivity contribution in [1.82, 2.24) is 20.1 Å². The number of carbonyl (C=O) groups excluding carboxylic acids is 1. The molecule has 2 N–H and O–H groups in total. The number of nitrogens with zero attached hydrogens (tertiary/aromatic N) is 3. The molecule has 1 saturated heterocycles. The first-order chi connectivity index (χ1) is 15.5. The summed E-state index contributed by atoms with van der Waals surface area (Å²) in [6.07, 6.45) is 8.95. The van der Waals surface area contributed by atoms with Crippen LogP contribution in [0.1, 0.15) is 54.4 Å². The van der Waals surface area contributed by atoms with Crippen molar-refractivity contribution in [1.29, 1.82) is 0 Å². The Hall–Kier alpha value is -2.84. The summed E-state index contributed by atoms with van der Waals surface area (Å²) >= 11 is 7.93. The van der Waals surface area contributed by atoms with Gasteiger partial charge in [-0.25, -0.2) is 4.79 Å². The van der Waals surface area contributed by atoms with Gasteiger partial charge in [0.05, 0.1) is 17.5 Å². The molecule has 0 saturated carbocycles. The molecule has 4 rings (SSSR count). The van der Waals surface area contributed by atoms with Crippen molar-refractivity contribution < 1.29 is 14.7 Å². The van der Waals surface area contributed by atoms with Gasteiger partial charge in [0.15, 0.2) is 0 Å². The van der Waals surface area contributed by atoms with Gasteiger partial charge < -0.3 is 20.2 Å². The fourth-order valence-corrected chi connectivity index (χ4v) is 6.04. The Morgan fingerprint density at radius 3 is 2.52 bits per heavy atom. The molecule has 1 fully saturated rings. The minimum absolute atomic E-state index is 0.175. The topological polar surface area (TPSA) is 85.8 Å². The Morgan fingerprint density at radius 2 is 1.97 bits per heavy atom. The van der Waals surface area contributed by atoms with Crippen LogP contribution in [0.2, 0.25) is 5.02 Å². The Labute approximate surface area is 202 Å². The van der Waals surface area contributed by atoms with Crippen LogP contribution in [0.4, 0.5) is 0 Å². The summed E-state index contributed by atoms with van der Waals surface area (Å²) in [5.74, 6) is -1.90. The largest absolute Gasteiger partial charge is 0.479 e. The smallest absolute Gasteiger partial charge is 0.330 e. The van der Waals surface area contributed by atoms with Crippen molar-refractivity contribution in [2.24, 2.45) is 0 Å². The van der Waals surface area contributed by atoms with Gasteiger partial charge in [0.25, 0.3) is 5.91 Å². The standard InChI is InChI=1S/C24H27ClN4O3S/c1-23(2,3)16-6-5-15(11-17(16)25)21(30)29-13-18(28-9-7-26-8-10-28)20(19-12-27-14-33-19)24(29,4)22(31)32/h5-12,14,18,20,26H,13H2,1-4H3,(H,31,32)/t18-,20?,24+/m1/s1. The van der Waals surface area contributed by atoms with E-state index in [1.54, 1.807) is 43.2 Å². The van der Waals surface area contributed by atoms with Crippen LogP contribution in [-0.2, 0) is 10.2 Å². The maximum Gasteiger partial charge on any atom is 0.330 e. The number of aliphatic carboxylic acids is 1. The first-order valence-corrected chi connectivity index (χ1v) is 11.9. The number of nitrogens with one attached hydrogen (secondary N) is 1. The van der Waals surface area contributed by atoms with Crippen LogP contribution in [0.3, 0.4) is 0 Å². The number of likely N-dealkylation sites (tertiary alicyclic amines) is 1. The van der Waals surface area contributed by atoms with Crippen LogP contribution in [0.15, 0.2) is 54.7 Å². The van der Waals surface area contributed by atoms with Crippen molar-refractivity contribution in [2.75, 3.05) is 6.54 Å². The second-order valence-electron chi connectivity index (χ2n) is 9.51. The molecule has 1 unspecified atom stereocenters. The highest BCUT2D eigenvalue weighted by atomic mass is 35.5. The second-order valence-corrected chi connectivity index (χ2v) is 10.8. The van der Waals surface area contributed by atoms with E-state index in [0.717, 1.165) is 10.4 Å². The van der Waals surface area contributed by atoms with Gasteiger partial charge in [0.2, 0.25) is 0 Å². The van der Waals surface area contributed by atoms with E-state index in [4.69, 9.17) is 11.6 Å².